The maximum Gasteiger partial charge on any atom is 0.0103 e. The van der Waals surface area contributed by atoms with E-state index in [1.807, 2.05) is 0 Å². The minimum absolute atomic E-state index is 0.473. The lowest BCUT2D eigenvalue weighted by atomic mass is 9.61. The molecule has 0 aromatic rings. The van der Waals surface area contributed by atoms with Gasteiger partial charge in [0.25, 0.3) is 0 Å². The zero-order chi connectivity index (χ0) is 13.8. The smallest absolute Gasteiger partial charge is 0.0103 e. The second-order valence-electron chi connectivity index (χ2n) is 7.22. The van der Waals surface area contributed by atoms with Crippen LogP contribution in [0.5, 0.6) is 0 Å². The average molecular weight is 253 g/mol. The lowest BCUT2D eigenvalue weighted by Gasteiger charge is -2.47. The molecule has 1 saturated carbocycles. The van der Waals surface area contributed by atoms with Crippen LogP contribution in [0.3, 0.4) is 0 Å². The van der Waals surface area contributed by atoms with Crippen LogP contribution in [-0.4, -0.2) is 12.6 Å². The van der Waals surface area contributed by atoms with Gasteiger partial charge < -0.3 is 5.32 Å². The third-order valence-electron chi connectivity index (χ3n) is 5.61. The Bertz CT molecular complexity index is 234. The zero-order valence-corrected chi connectivity index (χ0v) is 13.6. The fraction of sp³-hybridized carbons (Fsp3) is 1.00. The van der Waals surface area contributed by atoms with E-state index >= 15 is 0 Å². The molecular formula is C17H35N. The maximum atomic E-state index is 3.84. The summed E-state index contributed by atoms with van der Waals surface area (Å²) in [6, 6.07) is 0.748. The minimum atomic E-state index is 0.473. The van der Waals surface area contributed by atoms with E-state index in [0.29, 0.717) is 5.41 Å². The lowest BCUT2D eigenvalue weighted by molar-refractivity contribution is 0.0475. The third kappa shape index (κ3) is 3.73. The van der Waals surface area contributed by atoms with Crippen molar-refractivity contribution >= 4 is 0 Å². The number of hydrogen-bond acceptors (Lipinski definition) is 1. The highest BCUT2D eigenvalue weighted by Gasteiger charge is 2.40. The van der Waals surface area contributed by atoms with Crippen LogP contribution in [0.25, 0.3) is 0 Å². The van der Waals surface area contributed by atoms with Crippen LogP contribution in [0.2, 0.25) is 0 Å². The van der Waals surface area contributed by atoms with Gasteiger partial charge in [-0.3, -0.25) is 0 Å². The molecule has 18 heavy (non-hydrogen) atoms. The number of nitrogens with one attached hydrogen (secondary N) is 1. The topological polar surface area (TPSA) is 12.0 Å². The van der Waals surface area contributed by atoms with E-state index in [0.717, 1.165) is 23.8 Å². The fourth-order valence-corrected chi connectivity index (χ4v) is 3.72. The molecule has 1 aliphatic carbocycles. The summed E-state index contributed by atoms with van der Waals surface area (Å²) in [5, 5.41) is 3.84. The molecule has 1 aliphatic rings. The van der Waals surface area contributed by atoms with Crippen molar-refractivity contribution in [1.82, 2.24) is 5.32 Å². The van der Waals surface area contributed by atoms with E-state index in [2.05, 4.69) is 46.9 Å². The zero-order valence-electron chi connectivity index (χ0n) is 13.6. The second-order valence-corrected chi connectivity index (χ2v) is 7.22. The van der Waals surface area contributed by atoms with E-state index < -0.39 is 0 Å². The van der Waals surface area contributed by atoms with Gasteiger partial charge in [-0.05, 0) is 49.0 Å². The summed E-state index contributed by atoms with van der Waals surface area (Å²) in [6.45, 7) is 15.7. The molecule has 0 amide bonds. The van der Waals surface area contributed by atoms with Gasteiger partial charge in [0.05, 0.1) is 0 Å². The summed E-state index contributed by atoms with van der Waals surface area (Å²) in [7, 11) is 0. The molecule has 0 aromatic carbocycles. The Morgan fingerprint density at radius 1 is 1.22 bits per heavy atom. The van der Waals surface area contributed by atoms with Crippen LogP contribution < -0.4 is 5.32 Å². The van der Waals surface area contributed by atoms with Crippen molar-refractivity contribution in [3.8, 4) is 0 Å². The highest BCUT2D eigenvalue weighted by molar-refractivity contribution is 4.93. The summed E-state index contributed by atoms with van der Waals surface area (Å²) >= 11 is 0. The van der Waals surface area contributed by atoms with Crippen LogP contribution in [0.15, 0.2) is 0 Å². The molecular weight excluding hydrogens is 218 g/mol. The van der Waals surface area contributed by atoms with Crippen molar-refractivity contribution in [2.45, 2.75) is 79.7 Å². The molecule has 108 valence electrons. The van der Waals surface area contributed by atoms with Crippen molar-refractivity contribution in [3.05, 3.63) is 0 Å². The van der Waals surface area contributed by atoms with Gasteiger partial charge in [0.15, 0.2) is 0 Å². The van der Waals surface area contributed by atoms with Gasteiger partial charge in [-0.1, -0.05) is 54.4 Å². The molecule has 0 saturated heterocycles. The first-order chi connectivity index (χ1) is 8.43. The Kier molecular flexibility index (Phi) is 6.17. The van der Waals surface area contributed by atoms with E-state index in [1.165, 1.54) is 38.6 Å². The van der Waals surface area contributed by atoms with E-state index in [1.54, 1.807) is 0 Å². The standard InChI is InChI=1S/C17H35N/c1-7-11-18-16-12-13(3)9-10-15(16)17(5,6)14(4)8-2/h13-16,18H,7-12H2,1-6H3. The first kappa shape index (κ1) is 16.0. The molecule has 1 rings (SSSR count). The SMILES string of the molecule is CCCNC1CC(C)CCC1C(C)(C)C(C)CC. The highest BCUT2D eigenvalue weighted by atomic mass is 14.9. The van der Waals surface area contributed by atoms with Gasteiger partial charge in [-0.2, -0.15) is 0 Å². The predicted octanol–water partition coefficient (Wildman–Crippen LogP) is 4.86. The molecule has 0 radical (unpaired) electrons. The van der Waals surface area contributed by atoms with Crippen LogP contribution in [0.4, 0.5) is 0 Å². The van der Waals surface area contributed by atoms with Gasteiger partial charge in [0, 0.05) is 6.04 Å². The molecule has 4 unspecified atom stereocenters. The van der Waals surface area contributed by atoms with Gasteiger partial charge in [-0.15, -0.1) is 0 Å². The maximum absolute atomic E-state index is 3.84. The first-order valence-corrected chi connectivity index (χ1v) is 8.16. The summed E-state index contributed by atoms with van der Waals surface area (Å²) in [6.07, 6.45) is 6.78. The molecule has 0 bridgehead atoms. The first-order valence-electron chi connectivity index (χ1n) is 8.16. The summed E-state index contributed by atoms with van der Waals surface area (Å²) in [4.78, 5) is 0. The quantitative estimate of drug-likeness (QED) is 0.712. The Labute approximate surface area is 115 Å². The Hall–Kier alpha value is -0.0400. The monoisotopic (exact) mass is 253 g/mol. The van der Waals surface area contributed by atoms with Crippen molar-refractivity contribution in [1.29, 1.82) is 0 Å². The molecule has 0 aromatic heterocycles. The summed E-state index contributed by atoms with van der Waals surface area (Å²) < 4.78 is 0. The van der Waals surface area contributed by atoms with Gasteiger partial charge in [0.2, 0.25) is 0 Å². The molecule has 1 fully saturated rings. The Morgan fingerprint density at radius 2 is 1.89 bits per heavy atom. The lowest BCUT2D eigenvalue weighted by Crippen LogP contribution is -2.48. The normalized spacial score (nSPS) is 31.3. The van der Waals surface area contributed by atoms with E-state index in [-0.39, 0.29) is 0 Å². The summed E-state index contributed by atoms with van der Waals surface area (Å²) in [5.74, 6) is 2.58. The largest absolute Gasteiger partial charge is 0.314 e. The van der Waals surface area contributed by atoms with Crippen molar-refractivity contribution in [2.24, 2.45) is 23.2 Å². The molecule has 0 spiro atoms. The van der Waals surface area contributed by atoms with E-state index in [4.69, 9.17) is 0 Å². The molecule has 1 heteroatoms. The molecule has 0 heterocycles. The van der Waals surface area contributed by atoms with Gasteiger partial charge in [0.1, 0.15) is 0 Å². The third-order valence-corrected chi connectivity index (χ3v) is 5.61. The van der Waals surface area contributed by atoms with E-state index in [9.17, 15) is 0 Å². The second kappa shape index (κ2) is 6.93. The fourth-order valence-electron chi connectivity index (χ4n) is 3.72. The van der Waals surface area contributed by atoms with Gasteiger partial charge in [-0.25, -0.2) is 0 Å². The number of rotatable bonds is 6. The van der Waals surface area contributed by atoms with Crippen LogP contribution in [0, 0.1) is 23.2 Å². The molecule has 0 aliphatic heterocycles. The summed E-state index contributed by atoms with van der Waals surface area (Å²) in [5.41, 5.74) is 0.473. The average Bonchev–Trinajstić information content (AvgIpc) is 2.34. The van der Waals surface area contributed by atoms with Crippen molar-refractivity contribution in [2.75, 3.05) is 6.54 Å². The minimum Gasteiger partial charge on any atom is -0.314 e. The molecule has 1 N–H and O–H groups in total. The number of hydrogen-bond donors (Lipinski definition) is 1. The van der Waals surface area contributed by atoms with Crippen LogP contribution in [-0.2, 0) is 0 Å². The Balaban J connectivity index is 2.75. The van der Waals surface area contributed by atoms with Crippen molar-refractivity contribution in [3.63, 3.8) is 0 Å². The van der Waals surface area contributed by atoms with Gasteiger partial charge >= 0.3 is 0 Å². The van der Waals surface area contributed by atoms with Crippen molar-refractivity contribution < 1.29 is 0 Å². The highest BCUT2D eigenvalue weighted by Crippen LogP contribution is 2.45. The van der Waals surface area contributed by atoms with Crippen LogP contribution in [0.1, 0.15) is 73.6 Å². The van der Waals surface area contributed by atoms with Crippen LogP contribution >= 0.6 is 0 Å². The Morgan fingerprint density at radius 3 is 2.44 bits per heavy atom. The predicted molar refractivity (Wildman–Crippen MR) is 81.8 cm³/mol. The molecule has 4 atom stereocenters. The molecule has 1 nitrogen and oxygen atoms in total.